The molecular weight excluding hydrogens is 175 g/mol. The van der Waals surface area contributed by atoms with Crippen molar-refractivity contribution in [3.63, 3.8) is 0 Å². The van der Waals surface area contributed by atoms with Crippen LogP contribution >= 0.6 is 7.37 Å². The second kappa shape index (κ2) is 3.88. The number of nitrogens with two attached hydrogens (primary N) is 1. The SMILES string of the molecule is C[N+](C)(C)CC(N)CP(C)(=O)O. The van der Waals surface area contributed by atoms with Crippen molar-refractivity contribution in [1.29, 1.82) is 0 Å². The Balaban J connectivity index is 3.91. The highest BCUT2D eigenvalue weighted by Gasteiger charge is 2.20. The van der Waals surface area contributed by atoms with Crippen LogP contribution in [0.3, 0.4) is 0 Å². The molecule has 12 heavy (non-hydrogen) atoms. The molecule has 74 valence electrons. The van der Waals surface area contributed by atoms with Crippen molar-refractivity contribution in [1.82, 2.24) is 0 Å². The van der Waals surface area contributed by atoms with Crippen molar-refractivity contribution in [2.24, 2.45) is 5.73 Å². The van der Waals surface area contributed by atoms with Crippen LogP contribution in [0.4, 0.5) is 0 Å². The molecular formula is C7H20N2O2P+. The summed E-state index contributed by atoms with van der Waals surface area (Å²) in [6.07, 6.45) is 0.211. The van der Waals surface area contributed by atoms with E-state index < -0.39 is 7.37 Å². The Hall–Kier alpha value is 0.110. The molecule has 2 atom stereocenters. The second-order valence-corrected chi connectivity index (χ2v) is 6.93. The van der Waals surface area contributed by atoms with E-state index in [0.29, 0.717) is 0 Å². The maximum atomic E-state index is 11.0. The van der Waals surface area contributed by atoms with Crippen molar-refractivity contribution < 1.29 is 13.9 Å². The first-order valence-electron chi connectivity index (χ1n) is 3.95. The minimum atomic E-state index is -2.94. The van der Waals surface area contributed by atoms with E-state index >= 15 is 0 Å². The van der Waals surface area contributed by atoms with Crippen LogP contribution in [0.1, 0.15) is 0 Å². The molecule has 4 nitrogen and oxygen atoms in total. The van der Waals surface area contributed by atoms with Crippen molar-refractivity contribution in [2.45, 2.75) is 6.04 Å². The third-order valence-electron chi connectivity index (χ3n) is 1.36. The molecule has 3 N–H and O–H groups in total. The fourth-order valence-electron chi connectivity index (χ4n) is 1.20. The summed E-state index contributed by atoms with van der Waals surface area (Å²) in [4.78, 5) is 9.05. The molecule has 0 aliphatic rings. The van der Waals surface area contributed by atoms with Gasteiger partial charge in [0.15, 0.2) is 7.37 Å². The molecule has 0 aromatic rings. The lowest BCUT2D eigenvalue weighted by Gasteiger charge is -2.27. The number of hydrogen-bond donors (Lipinski definition) is 2. The number of likely N-dealkylation sites (N-methyl/N-ethyl adjacent to an activating group) is 1. The van der Waals surface area contributed by atoms with E-state index in [4.69, 9.17) is 10.6 Å². The standard InChI is InChI=1S/C7H19N2O2P/c1-9(2,3)5-7(8)6-12(4,10)11/h7H,5-6,8H2,1-4H3/p+1. The van der Waals surface area contributed by atoms with Gasteiger partial charge in [-0.15, -0.1) is 0 Å². The Morgan fingerprint density at radius 3 is 2.17 bits per heavy atom. The number of hydrogen-bond acceptors (Lipinski definition) is 2. The van der Waals surface area contributed by atoms with Gasteiger partial charge >= 0.3 is 0 Å². The summed E-state index contributed by atoms with van der Waals surface area (Å²) in [6, 6.07) is -0.189. The number of quaternary nitrogens is 1. The summed E-state index contributed by atoms with van der Waals surface area (Å²) in [7, 11) is 3.09. The van der Waals surface area contributed by atoms with Gasteiger partial charge in [-0.05, 0) is 0 Å². The van der Waals surface area contributed by atoms with Crippen molar-refractivity contribution in [3.8, 4) is 0 Å². The zero-order chi connectivity index (χ0) is 9.99. The average Bonchev–Trinajstić information content (AvgIpc) is 1.49. The van der Waals surface area contributed by atoms with E-state index in [-0.39, 0.29) is 12.2 Å². The topological polar surface area (TPSA) is 63.3 Å². The molecule has 0 radical (unpaired) electrons. The van der Waals surface area contributed by atoms with Crippen LogP contribution in [0.5, 0.6) is 0 Å². The smallest absolute Gasteiger partial charge is 0.199 e. The zero-order valence-corrected chi connectivity index (χ0v) is 9.21. The number of rotatable bonds is 4. The molecule has 2 unspecified atom stereocenters. The van der Waals surface area contributed by atoms with Gasteiger partial charge in [-0.3, -0.25) is 4.57 Å². The Kier molecular flexibility index (Phi) is 3.91. The Morgan fingerprint density at radius 1 is 1.50 bits per heavy atom. The molecule has 0 aromatic heterocycles. The van der Waals surface area contributed by atoms with Crippen LogP contribution in [0.25, 0.3) is 0 Å². The molecule has 0 spiro atoms. The van der Waals surface area contributed by atoms with Crippen LogP contribution in [-0.2, 0) is 4.57 Å². The summed E-state index contributed by atoms with van der Waals surface area (Å²) >= 11 is 0. The Morgan fingerprint density at radius 2 is 1.92 bits per heavy atom. The quantitative estimate of drug-likeness (QED) is 0.487. The largest absolute Gasteiger partial charge is 0.344 e. The van der Waals surface area contributed by atoms with Gasteiger partial charge in [-0.1, -0.05) is 0 Å². The average molecular weight is 195 g/mol. The predicted molar refractivity (Wildman–Crippen MR) is 51.5 cm³/mol. The van der Waals surface area contributed by atoms with Gasteiger partial charge < -0.3 is 15.1 Å². The molecule has 0 heterocycles. The lowest BCUT2D eigenvalue weighted by Crippen LogP contribution is -2.46. The number of nitrogens with zero attached hydrogens (tertiary/aromatic N) is 1. The molecule has 0 rings (SSSR count). The van der Waals surface area contributed by atoms with Gasteiger partial charge in [-0.25, -0.2) is 0 Å². The van der Waals surface area contributed by atoms with E-state index in [1.54, 1.807) is 0 Å². The fraction of sp³-hybridized carbons (Fsp3) is 1.00. The Bertz CT molecular complexity index is 182. The molecule has 0 saturated carbocycles. The summed E-state index contributed by atoms with van der Waals surface area (Å²) in [6.45, 7) is 2.07. The molecule has 0 amide bonds. The minimum Gasteiger partial charge on any atom is -0.344 e. The van der Waals surface area contributed by atoms with Gasteiger partial charge in [0, 0.05) is 12.8 Å². The summed E-state index contributed by atoms with van der Waals surface area (Å²) < 4.78 is 11.7. The Labute approximate surface area is 74.4 Å². The molecule has 0 fully saturated rings. The van der Waals surface area contributed by atoms with Crippen LogP contribution in [0.15, 0.2) is 0 Å². The van der Waals surface area contributed by atoms with E-state index in [2.05, 4.69) is 0 Å². The summed E-state index contributed by atoms with van der Waals surface area (Å²) in [5, 5.41) is 0. The fourth-order valence-corrected chi connectivity index (χ4v) is 2.18. The van der Waals surface area contributed by atoms with E-state index in [9.17, 15) is 4.57 Å². The van der Waals surface area contributed by atoms with Crippen LogP contribution in [0.2, 0.25) is 0 Å². The van der Waals surface area contributed by atoms with Crippen molar-refractivity contribution in [3.05, 3.63) is 0 Å². The second-order valence-electron chi connectivity index (χ2n) is 4.47. The zero-order valence-electron chi connectivity index (χ0n) is 8.32. The first-order valence-corrected chi connectivity index (χ1v) is 6.25. The van der Waals surface area contributed by atoms with E-state index in [1.807, 2.05) is 21.1 Å². The molecule has 0 aromatic carbocycles. The maximum absolute atomic E-state index is 11.0. The van der Waals surface area contributed by atoms with Gasteiger partial charge in [0.2, 0.25) is 0 Å². The van der Waals surface area contributed by atoms with Crippen LogP contribution < -0.4 is 5.73 Å². The lowest BCUT2D eigenvalue weighted by molar-refractivity contribution is -0.871. The molecule has 0 aliphatic heterocycles. The highest BCUT2D eigenvalue weighted by atomic mass is 31.2. The van der Waals surface area contributed by atoms with Crippen LogP contribution in [0, 0.1) is 0 Å². The van der Waals surface area contributed by atoms with E-state index in [1.165, 1.54) is 6.66 Å². The monoisotopic (exact) mass is 195 g/mol. The first kappa shape index (κ1) is 12.1. The van der Waals surface area contributed by atoms with Gasteiger partial charge in [-0.2, -0.15) is 0 Å². The predicted octanol–water partition coefficient (Wildman–Crippen LogP) is -0.0799. The van der Waals surface area contributed by atoms with Crippen LogP contribution in [-0.4, -0.2) is 55.9 Å². The molecule has 0 aliphatic carbocycles. The highest BCUT2D eigenvalue weighted by molar-refractivity contribution is 7.57. The minimum absolute atomic E-state index is 0.189. The lowest BCUT2D eigenvalue weighted by atomic mass is 10.3. The first-order chi connectivity index (χ1) is 5.10. The van der Waals surface area contributed by atoms with Crippen molar-refractivity contribution in [2.75, 3.05) is 40.5 Å². The third-order valence-corrected chi connectivity index (χ3v) is 2.50. The molecule has 0 saturated heterocycles. The molecule has 0 bridgehead atoms. The summed E-state index contributed by atoms with van der Waals surface area (Å²) in [5.74, 6) is 0. The highest BCUT2D eigenvalue weighted by Crippen LogP contribution is 2.35. The van der Waals surface area contributed by atoms with E-state index in [0.717, 1.165) is 11.0 Å². The van der Waals surface area contributed by atoms with Gasteiger partial charge in [0.05, 0.1) is 33.7 Å². The normalized spacial score (nSPS) is 20.2. The third kappa shape index (κ3) is 8.21. The molecule has 5 heteroatoms. The van der Waals surface area contributed by atoms with Crippen molar-refractivity contribution >= 4 is 7.37 Å². The maximum Gasteiger partial charge on any atom is 0.199 e. The van der Waals surface area contributed by atoms with Gasteiger partial charge in [0.25, 0.3) is 0 Å². The van der Waals surface area contributed by atoms with Gasteiger partial charge in [0.1, 0.15) is 0 Å². The summed E-state index contributed by atoms with van der Waals surface area (Å²) in [5.41, 5.74) is 5.70.